The number of hydrogen-bond donors (Lipinski definition) is 2. The molecule has 0 aromatic rings. The number of amidine groups is 1. The van der Waals surface area contributed by atoms with Crippen LogP contribution in [0.4, 0.5) is 0 Å². The third-order valence-electron chi connectivity index (χ3n) is 5.37. The summed E-state index contributed by atoms with van der Waals surface area (Å²) in [5, 5.41) is 7.65. The maximum atomic E-state index is 5.94. The first kappa shape index (κ1) is 24.7. The van der Waals surface area contributed by atoms with Crippen LogP contribution in [0.15, 0.2) is 5.10 Å². The summed E-state index contributed by atoms with van der Waals surface area (Å²) >= 11 is 0. The Kier molecular flexibility index (Phi) is 15.7. The summed E-state index contributed by atoms with van der Waals surface area (Å²) in [6.07, 6.45) is 20.1. The van der Waals surface area contributed by atoms with Crippen molar-refractivity contribution in [2.45, 2.75) is 117 Å². The van der Waals surface area contributed by atoms with Gasteiger partial charge >= 0.3 is 0 Å². The van der Waals surface area contributed by atoms with Gasteiger partial charge in [-0.3, -0.25) is 0 Å². The van der Waals surface area contributed by atoms with Crippen molar-refractivity contribution in [3.8, 4) is 0 Å². The number of rotatable bonds is 15. The van der Waals surface area contributed by atoms with Crippen LogP contribution in [0.5, 0.6) is 0 Å². The number of unbranched alkanes of at least 4 members (excludes halogenated alkanes) is 13. The van der Waals surface area contributed by atoms with E-state index >= 15 is 0 Å². The molecule has 0 saturated heterocycles. The zero-order chi connectivity index (χ0) is 17.6. The van der Waals surface area contributed by atoms with Crippen LogP contribution in [0.3, 0.4) is 0 Å². The first-order valence-electron chi connectivity index (χ1n) is 10.6. The van der Waals surface area contributed by atoms with Crippen molar-refractivity contribution in [2.24, 2.45) is 10.9 Å². The van der Waals surface area contributed by atoms with E-state index in [0.29, 0.717) is 6.17 Å². The highest BCUT2D eigenvalue weighted by molar-refractivity contribution is 5.79. The summed E-state index contributed by atoms with van der Waals surface area (Å²) < 4.78 is 0. The molecule has 150 valence electrons. The van der Waals surface area contributed by atoms with Crippen LogP contribution in [0.25, 0.3) is 0 Å². The lowest BCUT2D eigenvalue weighted by molar-refractivity contribution is -0.932. The number of quaternary nitrogens is 1. The average Bonchev–Trinajstić information content (AvgIpc) is 2.82. The van der Waals surface area contributed by atoms with E-state index in [1.165, 1.54) is 94.9 Å². The lowest BCUT2D eigenvalue weighted by atomic mass is 10.0. The van der Waals surface area contributed by atoms with E-state index in [0.717, 1.165) is 12.4 Å². The van der Waals surface area contributed by atoms with E-state index in [9.17, 15) is 0 Å². The quantitative estimate of drug-likeness (QED) is 0.334. The third kappa shape index (κ3) is 11.1. The van der Waals surface area contributed by atoms with E-state index in [1.54, 1.807) is 5.01 Å². The molecule has 4 nitrogen and oxygen atoms in total. The van der Waals surface area contributed by atoms with Crippen molar-refractivity contribution >= 4 is 5.84 Å². The molecular weight excluding hydrogens is 332 g/mol. The molecule has 0 spiro atoms. The second kappa shape index (κ2) is 15.9. The largest absolute Gasteiger partial charge is 1.00 e. The Labute approximate surface area is 163 Å². The molecule has 0 aromatic carbocycles. The van der Waals surface area contributed by atoms with Crippen LogP contribution in [0.2, 0.25) is 0 Å². The predicted molar refractivity (Wildman–Crippen MR) is 105 cm³/mol. The van der Waals surface area contributed by atoms with Crippen LogP contribution in [0.1, 0.15) is 111 Å². The molecule has 0 aromatic heterocycles. The van der Waals surface area contributed by atoms with Gasteiger partial charge in [-0.1, -0.05) is 89.1 Å². The molecule has 0 saturated carbocycles. The number of nitrogens with one attached hydrogen (secondary N) is 1. The fraction of sp³-hybridized carbons (Fsp3) is 0.950. The molecule has 1 heterocycles. The number of nitrogens with two attached hydrogens (primary N) is 1. The van der Waals surface area contributed by atoms with Crippen LogP contribution in [0, 0.1) is 0 Å². The van der Waals surface area contributed by atoms with Crippen LogP contribution < -0.4 is 23.3 Å². The smallest absolute Gasteiger partial charge is 0.199 e. The van der Waals surface area contributed by atoms with Crippen LogP contribution in [-0.2, 0) is 0 Å². The normalized spacial score (nSPS) is 19.8. The van der Waals surface area contributed by atoms with Gasteiger partial charge in [0.15, 0.2) is 12.0 Å². The van der Waals surface area contributed by atoms with Crippen LogP contribution >= 0.6 is 0 Å². The van der Waals surface area contributed by atoms with E-state index in [4.69, 9.17) is 5.84 Å². The van der Waals surface area contributed by atoms with Gasteiger partial charge in [0, 0.05) is 13.8 Å². The maximum absolute atomic E-state index is 5.94. The fourth-order valence-electron chi connectivity index (χ4n) is 3.57. The van der Waals surface area contributed by atoms with Gasteiger partial charge in [0.1, 0.15) is 6.54 Å². The Morgan fingerprint density at radius 3 is 1.60 bits per heavy atom. The second-order valence-corrected chi connectivity index (χ2v) is 7.58. The van der Waals surface area contributed by atoms with E-state index in [2.05, 4.69) is 18.9 Å². The molecule has 0 aliphatic carbocycles. The van der Waals surface area contributed by atoms with Gasteiger partial charge in [-0.2, -0.15) is 5.01 Å². The highest BCUT2D eigenvalue weighted by atomic mass is 35.5. The Bertz CT molecular complexity index is 336. The van der Waals surface area contributed by atoms with Gasteiger partial charge in [0.25, 0.3) is 0 Å². The minimum absolute atomic E-state index is 0. The van der Waals surface area contributed by atoms with Gasteiger partial charge in [0.2, 0.25) is 0 Å². The molecular formula is C20H43ClN4. The van der Waals surface area contributed by atoms with E-state index < -0.39 is 0 Å². The Morgan fingerprint density at radius 1 is 0.840 bits per heavy atom. The average molecular weight is 375 g/mol. The summed E-state index contributed by atoms with van der Waals surface area (Å²) in [7, 11) is 0. The highest BCUT2D eigenvalue weighted by Crippen LogP contribution is 2.12. The van der Waals surface area contributed by atoms with Crippen molar-refractivity contribution in [3.05, 3.63) is 0 Å². The van der Waals surface area contributed by atoms with Crippen LogP contribution in [-0.4, -0.2) is 23.6 Å². The molecule has 0 amide bonds. The molecule has 1 aliphatic heterocycles. The zero-order valence-electron chi connectivity index (χ0n) is 17.0. The summed E-state index contributed by atoms with van der Waals surface area (Å²) in [4.78, 5) is 0. The Hall–Kier alpha value is -0.320. The topological polar surface area (TPSA) is 46.1 Å². The predicted octanol–water partition coefficient (Wildman–Crippen LogP) is 1.23. The monoisotopic (exact) mass is 374 g/mol. The van der Waals surface area contributed by atoms with Gasteiger partial charge < -0.3 is 12.4 Å². The number of hydrazine groups is 1. The highest BCUT2D eigenvalue weighted by Gasteiger charge is 2.30. The fourth-order valence-corrected chi connectivity index (χ4v) is 3.57. The summed E-state index contributed by atoms with van der Waals surface area (Å²) in [6.45, 7) is 7.55. The number of nitrogens with zero attached hydrogens (tertiary/aromatic N) is 2. The Morgan fingerprint density at radius 2 is 1.24 bits per heavy atom. The minimum atomic E-state index is 0. The molecule has 5 heteroatoms. The van der Waals surface area contributed by atoms with Crippen molar-refractivity contribution in [1.29, 1.82) is 0 Å². The molecule has 0 bridgehead atoms. The second-order valence-electron chi connectivity index (χ2n) is 7.58. The van der Waals surface area contributed by atoms with E-state index in [-0.39, 0.29) is 12.4 Å². The molecule has 1 rings (SSSR count). The first-order chi connectivity index (χ1) is 11.7. The molecule has 0 radical (unpaired) electrons. The maximum Gasteiger partial charge on any atom is 0.199 e. The Balaban J connectivity index is 0.00000576. The van der Waals surface area contributed by atoms with Crippen molar-refractivity contribution in [1.82, 2.24) is 5.01 Å². The summed E-state index contributed by atoms with van der Waals surface area (Å²) in [5.74, 6) is 6.91. The lowest BCUT2D eigenvalue weighted by Crippen LogP contribution is -3.11. The van der Waals surface area contributed by atoms with Gasteiger partial charge in [-0.25, -0.2) is 10.9 Å². The molecule has 0 fully saturated rings. The lowest BCUT2D eigenvalue weighted by Gasteiger charge is -2.18. The van der Waals surface area contributed by atoms with Crippen molar-refractivity contribution < 1.29 is 17.4 Å². The first-order valence-corrected chi connectivity index (χ1v) is 10.6. The zero-order valence-corrected chi connectivity index (χ0v) is 17.8. The molecule has 3 N–H and O–H groups in total. The van der Waals surface area contributed by atoms with Gasteiger partial charge in [0.05, 0.1) is 0 Å². The molecule has 1 aliphatic rings. The van der Waals surface area contributed by atoms with Crippen molar-refractivity contribution in [3.63, 3.8) is 0 Å². The molecule has 2 unspecified atom stereocenters. The minimum Gasteiger partial charge on any atom is -1.00 e. The SMILES string of the molecule is CCCCCCCCCCCCCCCC[NH+]1N=C(C)N(N)C1C.[Cl-]. The van der Waals surface area contributed by atoms with E-state index in [1.807, 2.05) is 6.92 Å². The number of halogens is 1. The van der Waals surface area contributed by atoms with Gasteiger partial charge in [-0.15, -0.1) is 0 Å². The van der Waals surface area contributed by atoms with Crippen molar-refractivity contribution in [2.75, 3.05) is 6.54 Å². The molecule has 2 atom stereocenters. The number of hydrogen-bond acceptors (Lipinski definition) is 3. The standard InChI is InChI=1S/C20H42N4.ClH/c1-4-5-6-7-8-9-10-11-12-13-14-15-16-17-18-23-20(3)24(21)19(2)22-23;/h20H,4-18,21H2,1-3H3;1H. The summed E-state index contributed by atoms with van der Waals surface area (Å²) in [6, 6.07) is 0. The van der Waals surface area contributed by atoms with Gasteiger partial charge in [-0.05, 0) is 12.8 Å². The summed E-state index contributed by atoms with van der Waals surface area (Å²) in [5.41, 5.74) is 0. The molecule has 25 heavy (non-hydrogen) atoms. The third-order valence-corrected chi connectivity index (χ3v) is 5.37.